The van der Waals surface area contributed by atoms with Crippen molar-refractivity contribution in [3.63, 3.8) is 0 Å². The molecular formula is C23H31N5O2. The highest BCUT2D eigenvalue weighted by atomic mass is 16.5. The Hall–Kier alpha value is -2.93. The summed E-state index contributed by atoms with van der Waals surface area (Å²) in [4.78, 5) is 21.3. The van der Waals surface area contributed by atoms with Crippen molar-refractivity contribution in [2.24, 2.45) is 0 Å². The molecule has 0 saturated heterocycles. The number of imidazole rings is 1. The summed E-state index contributed by atoms with van der Waals surface area (Å²) in [5.74, 6) is 1.35. The number of nitrogens with zero attached hydrogens (tertiary/aromatic N) is 3. The van der Waals surface area contributed by atoms with Crippen LogP contribution in [0.2, 0.25) is 0 Å². The highest BCUT2D eigenvalue weighted by molar-refractivity contribution is 5.88. The van der Waals surface area contributed by atoms with Gasteiger partial charge in [-0.3, -0.25) is 4.79 Å². The lowest BCUT2D eigenvalue weighted by atomic mass is 10.1. The largest absolute Gasteiger partial charge is 0.382 e. The Balaban J connectivity index is 1.62. The Morgan fingerprint density at radius 2 is 1.97 bits per heavy atom. The van der Waals surface area contributed by atoms with E-state index >= 15 is 0 Å². The second kappa shape index (κ2) is 10.2. The maximum Gasteiger partial charge on any atom is 0.220 e. The number of hydrogen-bond acceptors (Lipinski definition) is 5. The van der Waals surface area contributed by atoms with E-state index in [-0.39, 0.29) is 5.91 Å². The molecule has 0 atom stereocenters. The van der Waals surface area contributed by atoms with Gasteiger partial charge < -0.3 is 20.4 Å². The van der Waals surface area contributed by atoms with Crippen LogP contribution in [0.25, 0.3) is 11.0 Å². The Kier molecular flexibility index (Phi) is 7.41. The molecule has 3 N–H and O–H groups in total. The van der Waals surface area contributed by atoms with E-state index in [0.29, 0.717) is 32.0 Å². The first-order chi connectivity index (χ1) is 14.5. The van der Waals surface area contributed by atoms with Crippen molar-refractivity contribution in [3.8, 4) is 0 Å². The number of pyridine rings is 1. The Labute approximate surface area is 177 Å². The number of aromatic nitrogens is 3. The van der Waals surface area contributed by atoms with Crippen LogP contribution >= 0.6 is 0 Å². The van der Waals surface area contributed by atoms with Crippen molar-refractivity contribution in [1.29, 1.82) is 0 Å². The van der Waals surface area contributed by atoms with Crippen LogP contribution in [0.4, 0.5) is 5.82 Å². The first-order valence-electron chi connectivity index (χ1n) is 10.5. The summed E-state index contributed by atoms with van der Waals surface area (Å²) < 4.78 is 7.76. The van der Waals surface area contributed by atoms with Crippen molar-refractivity contribution >= 4 is 22.8 Å². The second-order valence-electron chi connectivity index (χ2n) is 7.41. The predicted molar refractivity (Wildman–Crippen MR) is 119 cm³/mol. The molecule has 2 aromatic heterocycles. The summed E-state index contributed by atoms with van der Waals surface area (Å²) in [6.45, 7) is 8.33. The summed E-state index contributed by atoms with van der Waals surface area (Å²) >= 11 is 0. The first-order valence-corrected chi connectivity index (χ1v) is 10.5. The number of nitrogen functional groups attached to an aromatic ring is 1. The number of carbonyl (C=O) groups is 1. The third-order valence-corrected chi connectivity index (χ3v) is 5.27. The quantitative estimate of drug-likeness (QED) is 0.501. The maximum atomic E-state index is 12.2. The lowest BCUT2D eigenvalue weighted by Crippen LogP contribution is -2.25. The van der Waals surface area contributed by atoms with E-state index in [2.05, 4.69) is 14.9 Å². The summed E-state index contributed by atoms with van der Waals surface area (Å²) in [7, 11) is 0. The third kappa shape index (κ3) is 5.16. The summed E-state index contributed by atoms with van der Waals surface area (Å²) in [6.07, 6.45) is 2.04. The number of carbonyl (C=O) groups excluding carboxylic acids is 1. The third-order valence-electron chi connectivity index (χ3n) is 5.27. The van der Waals surface area contributed by atoms with Crippen molar-refractivity contribution in [1.82, 2.24) is 19.9 Å². The molecule has 7 nitrogen and oxygen atoms in total. The van der Waals surface area contributed by atoms with Crippen LogP contribution in [0, 0.1) is 13.8 Å². The minimum absolute atomic E-state index is 0.0735. The molecule has 30 heavy (non-hydrogen) atoms. The van der Waals surface area contributed by atoms with Gasteiger partial charge in [-0.1, -0.05) is 30.3 Å². The number of amides is 1. The van der Waals surface area contributed by atoms with Gasteiger partial charge >= 0.3 is 0 Å². The Bertz CT molecular complexity index is 998. The van der Waals surface area contributed by atoms with Crippen molar-refractivity contribution in [2.75, 3.05) is 18.9 Å². The molecule has 0 spiro atoms. The van der Waals surface area contributed by atoms with Gasteiger partial charge in [-0.15, -0.1) is 0 Å². The second-order valence-corrected chi connectivity index (χ2v) is 7.41. The molecule has 3 rings (SSSR count). The van der Waals surface area contributed by atoms with Crippen LogP contribution in [-0.2, 0) is 29.1 Å². The van der Waals surface area contributed by atoms with Crippen LogP contribution in [-0.4, -0.2) is 33.6 Å². The zero-order valence-electron chi connectivity index (χ0n) is 18.1. The number of fused-ring (bicyclic) bond motifs is 1. The van der Waals surface area contributed by atoms with Crippen molar-refractivity contribution in [3.05, 3.63) is 53.0 Å². The number of nitrogens with two attached hydrogens (primary N) is 1. The van der Waals surface area contributed by atoms with Crippen LogP contribution in [0.3, 0.4) is 0 Å². The summed E-state index contributed by atoms with van der Waals surface area (Å²) in [5, 5.41) is 3.02. The van der Waals surface area contributed by atoms with E-state index in [4.69, 9.17) is 15.5 Å². The normalized spacial score (nSPS) is 11.2. The molecule has 0 saturated carbocycles. The van der Waals surface area contributed by atoms with E-state index in [1.54, 1.807) is 0 Å². The lowest BCUT2D eigenvalue weighted by molar-refractivity contribution is -0.121. The minimum atomic E-state index is 0.0735. The fourth-order valence-electron chi connectivity index (χ4n) is 3.55. The van der Waals surface area contributed by atoms with Gasteiger partial charge in [0.2, 0.25) is 5.91 Å². The predicted octanol–water partition coefficient (Wildman–Crippen LogP) is 3.31. The standard InChI is InChI=1S/C23H31N5O2/c1-4-30-15-19-27-21-22(16(2)17(3)26-23(21)24)28(19)14-8-13-25-20(29)12-11-18-9-6-5-7-10-18/h5-7,9-10H,4,8,11-15H2,1-3H3,(H2,24,26)(H,25,29). The molecule has 0 bridgehead atoms. The molecule has 7 heteroatoms. The van der Waals surface area contributed by atoms with E-state index in [9.17, 15) is 4.79 Å². The zero-order chi connectivity index (χ0) is 21.5. The first kappa shape index (κ1) is 21.8. The molecule has 0 radical (unpaired) electrons. The molecule has 160 valence electrons. The number of ether oxygens (including phenoxy) is 1. The number of benzene rings is 1. The van der Waals surface area contributed by atoms with Gasteiger partial charge in [0.1, 0.15) is 17.9 Å². The number of anilines is 1. The number of nitrogens with one attached hydrogen (secondary N) is 1. The molecule has 0 aliphatic heterocycles. The van der Waals surface area contributed by atoms with E-state index < -0.39 is 0 Å². The molecule has 0 aliphatic rings. The fraction of sp³-hybridized carbons (Fsp3) is 0.435. The number of aryl methyl sites for hydroxylation is 4. The molecule has 1 amide bonds. The van der Waals surface area contributed by atoms with Gasteiger partial charge in [-0.2, -0.15) is 0 Å². The van der Waals surface area contributed by atoms with E-state index in [1.165, 1.54) is 5.56 Å². The Morgan fingerprint density at radius 1 is 1.20 bits per heavy atom. The van der Waals surface area contributed by atoms with E-state index in [0.717, 1.165) is 47.5 Å². The van der Waals surface area contributed by atoms with Gasteiger partial charge in [0, 0.05) is 31.8 Å². The number of hydrogen-bond donors (Lipinski definition) is 2. The van der Waals surface area contributed by atoms with Crippen molar-refractivity contribution in [2.45, 2.75) is 53.2 Å². The smallest absolute Gasteiger partial charge is 0.220 e. The minimum Gasteiger partial charge on any atom is -0.382 e. The van der Waals surface area contributed by atoms with Crippen LogP contribution in [0.15, 0.2) is 30.3 Å². The van der Waals surface area contributed by atoms with Gasteiger partial charge in [-0.25, -0.2) is 9.97 Å². The molecule has 2 heterocycles. The fourth-order valence-corrected chi connectivity index (χ4v) is 3.55. The summed E-state index contributed by atoms with van der Waals surface area (Å²) in [6, 6.07) is 10.1. The molecule has 1 aromatic carbocycles. The highest BCUT2D eigenvalue weighted by Gasteiger charge is 2.17. The van der Waals surface area contributed by atoms with E-state index in [1.807, 2.05) is 51.1 Å². The monoisotopic (exact) mass is 409 g/mol. The maximum absolute atomic E-state index is 12.2. The molecule has 3 aromatic rings. The molecule has 0 unspecified atom stereocenters. The van der Waals surface area contributed by atoms with Gasteiger partial charge in [0.25, 0.3) is 0 Å². The average Bonchev–Trinajstić information content (AvgIpc) is 3.12. The van der Waals surface area contributed by atoms with Gasteiger partial charge in [0.15, 0.2) is 5.82 Å². The zero-order valence-corrected chi connectivity index (χ0v) is 18.1. The van der Waals surface area contributed by atoms with Crippen LogP contribution < -0.4 is 11.1 Å². The molecule has 0 aliphatic carbocycles. The van der Waals surface area contributed by atoms with Crippen molar-refractivity contribution < 1.29 is 9.53 Å². The SMILES string of the molecule is CCOCc1nc2c(N)nc(C)c(C)c2n1CCCNC(=O)CCc1ccccc1. The lowest BCUT2D eigenvalue weighted by Gasteiger charge is -2.12. The summed E-state index contributed by atoms with van der Waals surface area (Å²) in [5.41, 5.74) is 11.0. The number of rotatable bonds is 10. The topological polar surface area (TPSA) is 95.1 Å². The molecule has 0 fully saturated rings. The average molecular weight is 410 g/mol. The molecular weight excluding hydrogens is 378 g/mol. The van der Waals surface area contributed by atoms with Crippen LogP contribution in [0.1, 0.15) is 42.4 Å². The highest BCUT2D eigenvalue weighted by Crippen LogP contribution is 2.26. The van der Waals surface area contributed by atoms with Gasteiger partial charge in [-0.05, 0) is 44.7 Å². The van der Waals surface area contributed by atoms with Crippen LogP contribution in [0.5, 0.6) is 0 Å². The Morgan fingerprint density at radius 3 is 2.70 bits per heavy atom. The van der Waals surface area contributed by atoms with Gasteiger partial charge in [0.05, 0.1) is 5.52 Å².